The van der Waals surface area contributed by atoms with E-state index in [1.807, 2.05) is 24.3 Å². The van der Waals surface area contributed by atoms with Crippen molar-refractivity contribution in [3.63, 3.8) is 0 Å². The third-order valence-corrected chi connectivity index (χ3v) is 4.01. The summed E-state index contributed by atoms with van der Waals surface area (Å²) in [4.78, 5) is 16.8. The molecular formula is C14H17Cl2N3OS. The number of hydrogen-bond acceptors (Lipinski definition) is 4. The number of nitrogens with two attached hydrogens (primary N) is 1. The number of nitrogens with one attached hydrogen (secondary N) is 1. The molecule has 0 aliphatic rings. The van der Waals surface area contributed by atoms with Crippen LogP contribution in [-0.2, 0) is 11.2 Å². The van der Waals surface area contributed by atoms with Crippen LogP contribution in [0.25, 0.3) is 0 Å². The van der Waals surface area contributed by atoms with Crippen LogP contribution in [0.1, 0.15) is 23.3 Å². The molecule has 114 valence electrons. The summed E-state index contributed by atoms with van der Waals surface area (Å²) in [6.45, 7) is 0.517. The number of halogens is 2. The summed E-state index contributed by atoms with van der Waals surface area (Å²) in [6.07, 6.45) is 3.60. The molecule has 0 fully saturated rings. The van der Waals surface area contributed by atoms with Gasteiger partial charge in [-0.1, -0.05) is 29.8 Å². The van der Waals surface area contributed by atoms with Gasteiger partial charge in [-0.25, -0.2) is 4.98 Å². The van der Waals surface area contributed by atoms with Gasteiger partial charge >= 0.3 is 0 Å². The summed E-state index contributed by atoms with van der Waals surface area (Å²) in [5.74, 6) is -0.0471. The molecule has 21 heavy (non-hydrogen) atoms. The molecule has 1 heterocycles. The van der Waals surface area contributed by atoms with Gasteiger partial charge in [-0.05, 0) is 24.6 Å². The summed E-state index contributed by atoms with van der Waals surface area (Å²) in [6, 6.07) is 7.72. The van der Waals surface area contributed by atoms with E-state index in [9.17, 15) is 4.79 Å². The fraction of sp³-hybridized carbons (Fsp3) is 0.286. The van der Waals surface area contributed by atoms with E-state index in [2.05, 4.69) is 10.3 Å². The molecule has 1 aromatic heterocycles. The molecule has 7 heteroatoms. The standard InChI is InChI=1S/C14H16ClN3OS.ClH/c15-12-5-2-1-4-10(12)8-11-9-17-14(20-11)18-13(19)6-3-7-16;/h1-2,4-5,9H,3,6-8,16H2,(H,17,18,19);1H. The number of anilines is 1. The molecule has 0 aliphatic carbocycles. The highest BCUT2D eigenvalue weighted by atomic mass is 35.5. The molecule has 0 saturated heterocycles. The maximum Gasteiger partial charge on any atom is 0.226 e. The summed E-state index contributed by atoms with van der Waals surface area (Å²) in [5, 5.41) is 4.14. The highest BCUT2D eigenvalue weighted by Crippen LogP contribution is 2.24. The van der Waals surface area contributed by atoms with Gasteiger partial charge in [-0.2, -0.15) is 0 Å². The number of aromatic nitrogens is 1. The average Bonchev–Trinajstić information content (AvgIpc) is 2.86. The number of carbonyl (C=O) groups is 1. The Hall–Kier alpha value is -1.14. The lowest BCUT2D eigenvalue weighted by atomic mass is 10.1. The molecule has 2 aromatic rings. The first-order valence-electron chi connectivity index (χ1n) is 6.37. The summed E-state index contributed by atoms with van der Waals surface area (Å²) in [7, 11) is 0. The molecular weight excluding hydrogens is 329 g/mol. The fourth-order valence-corrected chi connectivity index (χ4v) is 2.78. The first kappa shape index (κ1) is 17.9. The molecule has 3 N–H and O–H groups in total. The van der Waals surface area contributed by atoms with E-state index < -0.39 is 0 Å². The Morgan fingerprint density at radius 1 is 1.38 bits per heavy atom. The normalized spacial score (nSPS) is 10.0. The third-order valence-electron chi connectivity index (χ3n) is 2.73. The van der Waals surface area contributed by atoms with E-state index in [-0.39, 0.29) is 18.3 Å². The molecule has 1 amide bonds. The van der Waals surface area contributed by atoms with E-state index in [4.69, 9.17) is 17.3 Å². The highest BCUT2D eigenvalue weighted by molar-refractivity contribution is 7.15. The van der Waals surface area contributed by atoms with Gasteiger partial charge in [-0.15, -0.1) is 23.7 Å². The lowest BCUT2D eigenvalue weighted by Crippen LogP contribution is -2.13. The second-order valence-corrected chi connectivity index (χ2v) is 5.86. The third kappa shape index (κ3) is 5.63. The van der Waals surface area contributed by atoms with Crippen molar-refractivity contribution in [2.75, 3.05) is 11.9 Å². The second-order valence-electron chi connectivity index (χ2n) is 4.34. The van der Waals surface area contributed by atoms with E-state index in [1.165, 1.54) is 11.3 Å². The van der Waals surface area contributed by atoms with E-state index >= 15 is 0 Å². The van der Waals surface area contributed by atoms with Crippen LogP contribution in [0, 0.1) is 0 Å². The minimum atomic E-state index is -0.0471. The number of benzene rings is 1. The van der Waals surface area contributed by atoms with Crippen LogP contribution in [0.4, 0.5) is 5.13 Å². The lowest BCUT2D eigenvalue weighted by molar-refractivity contribution is -0.116. The predicted molar refractivity (Wildman–Crippen MR) is 90.5 cm³/mol. The van der Waals surface area contributed by atoms with Gasteiger partial charge < -0.3 is 11.1 Å². The van der Waals surface area contributed by atoms with Crippen LogP contribution in [0.5, 0.6) is 0 Å². The topological polar surface area (TPSA) is 68.0 Å². The zero-order valence-corrected chi connectivity index (χ0v) is 13.7. The molecule has 0 aliphatic heterocycles. The number of thiazole rings is 1. The Labute approximate surface area is 139 Å². The van der Waals surface area contributed by atoms with Gasteiger partial charge in [0.1, 0.15) is 0 Å². The number of rotatable bonds is 6. The highest BCUT2D eigenvalue weighted by Gasteiger charge is 2.08. The minimum Gasteiger partial charge on any atom is -0.330 e. The van der Waals surface area contributed by atoms with Crippen molar-refractivity contribution in [1.29, 1.82) is 0 Å². The van der Waals surface area contributed by atoms with Crippen LogP contribution in [-0.4, -0.2) is 17.4 Å². The van der Waals surface area contributed by atoms with Crippen molar-refractivity contribution in [1.82, 2.24) is 4.98 Å². The van der Waals surface area contributed by atoms with Crippen LogP contribution in [0.3, 0.4) is 0 Å². The smallest absolute Gasteiger partial charge is 0.226 e. The SMILES string of the molecule is Cl.NCCCC(=O)Nc1ncc(Cc2ccccc2Cl)s1. The maximum atomic E-state index is 11.6. The van der Waals surface area contributed by atoms with Crippen molar-refractivity contribution in [2.45, 2.75) is 19.3 Å². The van der Waals surface area contributed by atoms with Crippen molar-refractivity contribution < 1.29 is 4.79 Å². The van der Waals surface area contributed by atoms with Crippen LogP contribution < -0.4 is 11.1 Å². The zero-order valence-electron chi connectivity index (χ0n) is 11.3. The quantitative estimate of drug-likeness (QED) is 0.841. The van der Waals surface area contributed by atoms with Crippen molar-refractivity contribution in [3.8, 4) is 0 Å². The van der Waals surface area contributed by atoms with Crippen LogP contribution in [0.2, 0.25) is 5.02 Å². The van der Waals surface area contributed by atoms with Gasteiger partial charge in [0.15, 0.2) is 5.13 Å². The molecule has 2 rings (SSSR count). The van der Waals surface area contributed by atoms with Gasteiger partial charge in [0.2, 0.25) is 5.91 Å². The Morgan fingerprint density at radius 3 is 2.86 bits per heavy atom. The zero-order chi connectivity index (χ0) is 14.4. The number of nitrogens with zero attached hydrogens (tertiary/aromatic N) is 1. The van der Waals surface area contributed by atoms with E-state index in [0.29, 0.717) is 24.5 Å². The van der Waals surface area contributed by atoms with E-state index in [0.717, 1.165) is 21.9 Å². The first-order chi connectivity index (χ1) is 9.69. The molecule has 0 unspecified atom stereocenters. The first-order valence-corrected chi connectivity index (χ1v) is 7.56. The molecule has 0 radical (unpaired) electrons. The van der Waals surface area contributed by atoms with Crippen LogP contribution in [0.15, 0.2) is 30.5 Å². The molecule has 1 aromatic carbocycles. The average molecular weight is 346 g/mol. The van der Waals surface area contributed by atoms with Gasteiger partial charge in [-0.3, -0.25) is 4.79 Å². The summed E-state index contributed by atoms with van der Waals surface area (Å²) >= 11 is 7.59. The van der Waals surface area contributed by atoms with Gasteiger partial charge in [0.05, 0.1) is 0 Å². The number of amides is 1. The number of carbonyl (C=O) groups excluding carboxylic acids is 1. The Morgan fingerprint density at radius 2 is 2.14 bits per heavy atom. The molecule has 0 spiro atoms. The van der Waals surface area contributed by atoms with Crippen molar-refractivity contribution >= 4 is 46.4 Å². The molecule has 0 bridgehead atoms. The minimum absolute atomic E-state index is 0. The van der Waals surface area contributed by atoms with Crippen molar-refractivity contribution in [3.05, 3.63) is 45.9 Å². The Balaban J connectivity index is 0.00000220. The monoisotopic (exact) mass is 345 g/mol. The van der Waals surface area contributed by atoms with E-state index in [1.54, 1.807) is 6.20 Å². The Bertz CT molecular complexity index is 589. The Kier molecular flexibility index (Phi) is 7.67. The summed E-state index contributed by atoms with van der Waals surface area (Å²) in [5.41, 5.74) is 6.42. The number of hydrogen-bond donors (Lipinski definition) is 2. The maximum absolute atomic E-state index is 11.6. The second kappa shape index (κ2) is 9.00. The van der Waals surface area contributed by atoms with Gasteiger partial charge in [0.25, 0.3) is 0 Å². The molecule has 0 saturated carbocycles. The molecule has 4 nitrogen and oxygen atoms in total. The fourth-order valence-electron chi connectivity index (χ4n) is 1.72. The van der Waals surface area contributed by atoms with Gasteiger partial charge in [0, 0.05) is 28.9 Å². The summed E-state index contributed by atoms with van der Waals surface area (Å²) < 4.78 is 0. The lowest BCUT2D eigenvalue weighted by Gasteiger charge is -2.01. The molecule has 0 atom stereocenters. The van der Waals surface area contributed by atoms with Crippen molar-refractivity contribution in [2.24, 2.45) is 5.73 Å². The largest absolute Gasteiger partial charge is 0.330 e. The van der Waals surface area contributed by atoms with Crippen LogP contribution >= 0.6 is 35.3 Å². The predicted octanol–water partition coefficient (Wildman–Crippen LogP) is 3.49.